The number of nitrogens with one attached hydrogen (secondary N) is 2. The molecule has 5 rings (SSSR count). The summed E-state index contributed by atoms with van der Waals surface area (Å²) in [5.74, 6) is 0.603. The van der Waals surface area contributed by atoms with E-state index in [-0.39, 0.29) is 0 Å². The third-order valence-electron chi connectivity index (χ3n) is 6.55. The molecule has 6 nitrogen and oxygen atoms in total. The molecule has 0 bridgehead atoms. The quantitative estimate of drug-likeness (QED) is 0.569. The SMILES string of the molecule is CN/C=C1/C=C(c2ncc3c(ccn3CC3CCOCC3)c2-c2ccc(C#N)cc2)C=CC1=N. The van der Waals surface area contributed by atoms with Crippen molar-refractivity contribution in [1.82, 2.24) is 14.9 Å². The van der Waals surface area contributed by atoms with E-state index in [2.05, 4.69) is 28.2 Å². The van der Waals surface area contributed by atoms with Gasteiger partial charge >= 0.3 is 0 Å². The highest BCUT2D eigenvalue weighted by Crippen LogP contribution is 2.37. The Labute approximate surface area is 199 Å². The first-order chi connectivity index (χ1) is 16.7. The van der Waals surface area contributed by atoms with Crippen LogP contribution >= 0.6 is 0 Å². The number of hydrogen-bond acceptors (Lipinski definition) is 5. The summed E-state index contributed by atoms with van der Waals surface area (Å²) >= 11 is 0. The first-order valence-electron chi connectivity index (χ1n) is 11.6. The molecule has 0 spiro atoms. The Balaban J connectivity index is 1.65. The summed E-state index contributed by atoms with van der Waals surface area (Å²) in [5, 5.41) is 21.6. The lowest BCUT2D eigenvalue weighted by molar-refractivity contribution is 0.0616. The van der Waals surface area contributed by atoms with E-state index in [0.717, 1.165) is 71.5 Å². The summed E-state index contributed by atoms with van der Waals surface area (Å²) in [6, 6.07) is 12.1. The second-order valence-electron chi connectivity index (χ2n) is 8.73. The van der Waals surface area contributed by atoms with E-state index in [0.29, 0.717) is 17.2 Å². The molecule has 34 heavy (non-hydrogen) atoms. The molecule has 170 valence electrons. The predicted molar refractivity (Wildman–Crippen MR) is 135 cm³/mol. The van der Waals surface area contributed by atoms with E-state index in [4.69, 9.17) is 15.1 Å². The van der Waals surface area contributed by atoms with Gasteiger partial charge in [0.15, 0.2) is 0 Å². The number of nitriles is 1. The standard InChI is InChI=1S/C28H27N5O/c1-31-16-23-14-22(6-7-25(23)30)28-27(21-4-2-19(15-29)3-5-21)24-8-11-33(26(24)17-32-28)18-20-9-12-34-13-10-20/h2-8,11,14,16-17,20,30-31H,9-10,12-13,18H2,1H3/b23-16-,30-25?. The number of fused-ring (bicyclic) bond motifs is 1. The molecule has 1 aromatic carbocycles. The Bertz CT molecular complexity index is 1360. The van der Waals surface area contributed by atoms with Crippen LogP contribution in [0.4, 0.5) is 0 Å². The molecular weight excluding hydrogens is 422 g/mol. The minimum Gasteiger partial charge on any atom is -0.393 e. The third kappa shape index (κ3) is 4.18. The van der Waals surface area contributed by atoms with E-state index in [1.165, 1.54) is 0 Å². The zero-order valence-electron chi connectivity index (χ0n) is 19.2. The van der Waals surface area contributed by atoms with Crippen molar-refractivity contribution in [3.63, 3.8) is 0 Å². The molecule has 2 aromatic heterocycles. The molecule has 1 saturated heterocycles. The average molecular weight is 450 g/mol. The predicted octanol–water partition coefficient (Wildman–Crippen LogP) is 5.08. The Hall–Kier alpha value is -3.95. The van der Waals surface area contributed by atoms with Crippen molar-refractivity contribution in [3.8, 4) is 17.2 Å². The van der Waals surface area contributed by atoms with Crippen LogP contribution in [0.25, 0.3) is 27.6 Å². The smallest absolute Gasteiger partial charge is 0.0991 e. The zero-order chi connectivity index (χ0) is 23.5. The van der Waals surface area contributed by atoms with Gasteiger partial charge in [-0.25, -0.2) is 0 Å². The number of rotatable bonds is 5. The van der Waals surface area contributed by atoms with E-state index in [1.807, 2.05) is 61.9 Å². The number of benzene rings is 1. The van der Waals surface area contributed by atoms with Crippen molar-refractivity contribution < 1.29 is 4.74 Å². The van der Waals surface area contributed by atoms with Gasteiger partial charge in [-0.15, -0.1) is 0 Å². The Kier molecular flexibility index (Phi) is 6.11. The van der Waals surface area contributed by atoms with Gasteiger partial charge in [-0.3, -0.25) is 4.98 Å². The van der Waals surface area contributed by atoms with E-state index in [9.17, 15) is 5.26 Å². The van der Waals surface area contributed by atoms with Crippen molar-refractivity contribution in [1.29, 1.82) is 10.7 Å². The minimum absolute atomic E-state index is 0.460. The summed E-state index contributed by atoms with van der Waals surface area (Å²) in [4.78, 5) is 4.95. The molecule has 0 unspecified atom stereocenters. The lowest BCUT2D eigenvalue weighted by Crippen LogP contribution is -2.20. The molecule has 1 aliphatic heterocycles. The summed E-state index contributed by atoms with van der Waals surface area (Å²) in [5.41, 5.74) is 6.89. The van der Waals surface area contributed by atoms with E-state index < -0.39 is 0 Å². The Morgan fingerprint density at radius 2 is 2.00 bits per heavy atom. The normalized spacial score (nSPS) is 17.7. The van der Waals surface area contributed by atoms with Crippen LogP contribution in [0.1, 0.15) is 24.1 Å². The second-order valence-corrected chi connectivity index (χ2v) is 8.73. The van der Waals surface area contributed by atoms with Gasteiger partial charge in [-0.05, 0) is 54.7 Å². The van der Waals surface area contributed by atoms with Gasteiger partial charge in [-0.1, -0.05) is 18.2 Å². The molecule has 0 atom stereocenters. The molecule has 2 N–H and O–H groups in total. The molecule has 1 aliphatic carbocycles. The van der Waals surface area contributed by atoms with Crippen LogP contribution in [-0.2, 0) is 11.3 Å². The monoisotopic (exact) mass is 449 g/mol. The van der Waals surface area contributed by atoms with Crippen molar-refractivity contribution in [2.24, 2.45) is 5.92 Å². The number of pyridine rings is 1. The zero-order valence-corrected chi connectivity index (χ0v) is 19.2. The molecule has 0 radical (unpaired) electrons. The van der Waals surface area contributed by atoms with Gasteiger partial charge in [0, 0.05) is 61.3 Å². The van der Waals surface area contributed by atoms with Crippen molar-refractivity contribution >= 4 is 22.2 Å². The maximum atomic E-state index is 9.27. The van der Waals surface area contributed by atoms with Crippen LogP contribution < -0.4 is 5.32 Å². The van der Waals surface area contributed by atoms with E-state index >= 15 is 0 Å². The molecular formula is C28H27N5O. The third-order valence-corrected chi connectivity index (χ3v) is 6.55. The summed E-state index contributed by atoms with van der Waals surface area (Å²) in [6.07, 6.45) is 13.9. The summed E-state index contributed by atoms with van der Waals surface area (Å²) in [6.45, 7) is 2.62. The van der Waals surface area contributed by atoms with Gasteiger partial charge in [0.25, 0.3) is 0 Å². The molecule has 0 saturated carbocycles. The van der Waals surface area contributed by atoms with Crippen LogP contribution in [0.15, 0.2) is 72.7 Å². The largest absolute Gasteiger partial charge is 0.393 e. The maximum Gasteiger partial charge on any atom is 0.0991 e. The molecule has 0 amide bonds. The molecule has 3 heterocycles. The minimum atomic E-state index is 0.460. The van der Waals surface area contributed by atoms with Crippen LogP contribution in [0.3, 0.4) is 0 Å². The second kappa shape index (κ2) is 9.50. The molecule has 6 heteroatoms. The summed E-state index contributed by atoms with van der Waals surface area (Å²) < 4.78 is 7.85. The van der Waals surface area contributed by atoms with Crippen LogP contribution in [0.2, 0.25) is 0 Å². The topological polar surface area (TPSA) is 86.7 Å². The van der Waals surface area contributed by atoms with Crippen LogP contribution in [0, 0.1) is 22.7 Å². The van der Waals surface area contributed by atoms with Gasteiger partial charge in [0.05, 0.1) is 34.8 Å². The maximum absolute atomic E-state index is 9.27. The Morgan fingerprint density at radius 3 is 2.74 bits per heavy atom. The van der Waals surface area contributed by atoms with E-state index in [1.54, 1.807) is 0 Å². The molecule has 2 aliphatic rings. The first-order valence-corrected chi connectivity index (χ1v) is 11.6. The van der Waals surface area contributed by atoms with Gasteiger partial charge in [-0.2, -0.15) is 5.26 Å². The fourth-order valence-electron chi connectivity index (χ4n) is 4.73. The highest BCUT2D eigenvalue weighted by molar-refractivity contribution is 6.14. The van der Waals surface area contributed by atoms with Crippen molar-refractivity contribution in [2.75, 3.05) is 20.3 Å². The fourth-order valence-corrected chi connectivity index (χ4v) is 4.73. The average Bonchev–Trinajstić information content (AvgIpc) is 3.28. The molecule has 1 fully saturated rings. The highest BCUT2D eigenvalue weighted by Gasteiger charge is 2.20. The lowest BCUT2D eigenvalue weighted by atomic mass is 9.91. The van der Waals surface area contributed by atoms with Gasteiger partial charge in [0.1, 0.15) is 0 Å². The fraction of sp³-hybridized carbons (Fsp3) is 0.250. The summed E-state index contributed by atoms with van der Waals surface area (Å²) in [7, 11) is 1.83. The number of nitrogens with zero attached hydrogens (tertiary/aromatic N) is 3. The van der Waals surface area contributed by atoms with Gasteiger partial charge < -0.3 is 20.0 Å². The number of hydrogen-bond donors (Lipinski definition) is 2. The van der Waals surface area contributed by atoms with Gasteiger partial charge in [0.2, 0.25) is 0 Å². The lowest BCUT2D eigenvalue weighted by Gasteiger charge is -2.23. The van der Waals surface area contributed by atoms with Crippen LogP contribution in [-0.4, -0.2) is 35.5 Å². The number of ether oxygens (including phenoxy) is 1. The Morgan fingerprint density at radius 1 is 1.21 bits per heavy atom. The number of allylic oxidation sites excluding steroid dienone is 5. The van der Waals surface area contributed by atoms with Crippen molar-refractivity contribution in [2.45, 2.75) is 19.4 Å². The number of aromatic nitrogens is 2. The first kappa shape index (κ1) is 21.9. The van der Waals surface area contributed by atoms with Crippen LogP contribution in [0.5, 0.6) is 0 Å². The van der Waals surface area contributed by atoms with Crippen molar-refractivity contribution in [3.05, 3.63) is 84.0 Å². The molecule has 3 aromatic rings. The highest BCUT2D eigenvalue weighted by atomic mass is 16.5.